The molecule has 0 spiro atoms. The van der Waals surface area contributed by atoms with Gasteiger partial charge in [-0.2, -0.15) is 0 Å². The number of primary amides is 1. The Morgan fingerprint density at radius 1 is 1.22 bits per heavy atom. The summed E-state index contributed by atoms with van der Waals surface area (Å²) < 4.78 is 0. The smallest absolute Gasteiger partial charge is 0.231 e. The van der Waals surface area contributed by atoms with Gasteiger partial charge in [0.15, 0.2) is 0 Å². The first kappa shape index (κ1) is 13.1. The van der Waals surface area contributed by atoms with Gasteiger partial charge in [0.25, 0.3) is 0 Å². The number of likely N-dealkylation sites (N-methyl/N-ethyl adjacent to an activating group) is 1. The second-order valence-corrected chi connectivity index (χ2v) is 5.30. The van der Waals surface area contributed by atoms with E-state index in [2.05, 4.69) is 35.2 Å². The van der Waals surface area contributed by atoms with Crippen molar-refractivity contribution in [3.63, 3.8) is 0 Å². The Bertz CT molecular complexity index is 383. The van der Waals surface area contributed by atoms with Crippen molar-refractivity contribution in [1.82, 2.24) is 4.90 Å². The first-order valence-electron chi connectivity index (χ1n) is 6.70. The van der Waals surface area contributed by atoms with Gasteiger partial charge in [-0.1, -0.05) is 30.3 Å². The molecule has 2 rings (SSSR count). The van der Waals surface area contributed by atoms with Crippen LogP contribution in [0.1, 0.15) is 37.2 Å². The number of amides is 1. The highest BCUT2D eigenvalue weighted by Crippen LogP contribution is 2.34. The third kappa shape index (κ3) is 3.33. The van der Waals surface area contributed by atoms with E-state index in [4.69, 9.17) is 5.73 Å². The number of hydrogen-bond donors (Lipinski definition) is 1. The zero-order valence-corrected chi connectivity index (χ0v) is 11.0. The fourth-order valence-corrected chi connectivity index (χ4v) is 2.95. The Hall–Kier alpha value is -1.35. The maximum atomic E-state index is 10.9. The highest BCUT2D eigenvalue weighted by molar-refractivity contribution is 5.75. The van der Waals surface area contributed by atoms with E-state index in [0.717, 1.165) is 12.8 Å². The van der Waals surface area contributed by atoms with Crippen molar-refractivity contribution in [3.05, 3.63) is 35.9 Å². The molecule has 1 aliphatic rings. The zero-order valence-electron chi connectivity index (χ0n) is 11.0. The first-order chi connectivity index (χ1) is 8.66. The standard InChI is InChI=1S/C15H22N2O/c1-17(11-15(16)18)14-9-7-13(8-10-14)12-5-3-2-4-6-12/h2-6,13-14H,7-11H2,1H3,(H2,16,18). The molecular weight excluding hydrogens is 224 g/mol. The highest BCUT2D eigenvalue weighted by atomic mass is 16.1. The lowest BCUT2D eigenvalue weighted by molar-refractivity contribution is -0.119. The van der Waals surface area contributed by atoms with Crippen molar-refractivity contribution in [1.29, 1.82) is 0 Å². The lowest BCUT2D eigenvalue weighted by Gasteiger charge is -2.34. The molecule has 0 saturated heterocycles. The molecule has 0 aliphatic heterocycles. The summed E-state index contributed by atoms with van der Waals surface area (Å²) in [6.07, 6.45) is 4.72. The van der Waals surface area contributed by atoms with Crippen molar-refractivity contribution in [3.8, 4) is 0 Å². The quantitative estimate of drug-likeness (QED) is 0.884. The molecule has 2 N–H and O–H groups in total. The molecule has 1 saturated carbocycles. The molecule has 0 aromatic heterocycles. The predicted octanol–water partition coefficient (Wildman–Crippen LogP) is 2.13. The monoisotopic (exact) mass is 246 g/mol. The number of hydrogen-bond acceptors (Lipinski definition) is 2. The molecule has 3 nitrogen and oxygen atoms in total. The van der Waals surface area contributed by atoms with E-state index in [9.17, 15) is 4.79 Å². The Morgan fingerprint density at radius 2 is 1.83 bits per heavy atom. The fraction of sp³-hybridized carbons (Fsp3) is 0.533. The van der Waals surface area contributed by atoms with Crippen LogP contribution in [0.15, 0.2) is 30.3 Å². The van der Waals surface area contributed by atoms with Crippen LogP contribution in [-0.4, -0.2) is 30.4 Å². The summed E-state index contributed by atoms with van der Waals surface area (Å²) in [4.78, 5) is 13.0. The lowest BCUT2D eigenvalue weighted by Crippen LogP contribution is -2.40. The van der Waals surface area contributed by atoms with Crippen LogP contribution >= 0.6 is 0 Å². The average molecular weight is 246 g/mol. The van der Waals surface area contributed by atoms with Gasteiger partial charge in [-0.25, -0.2) is 0 Å². The molecule has 18 heavy (non-hydrogen) atoms. The largest absolute Gasteiger partial charge is 0.369 e. The van der Waals surface area contributed by atoms with Crippen molar-refractivity contribution in [2.45, 2.75) is 37.6 Å². The van der Waals surface area contributed by atoms with Crippen molar-refractivity contribution < 1.29 is 4.79 Å². The predicted molar refractivity (Wildman–Crippen MR) is 73.3 cm³/mol. The number of rotatable bonds is 4. The van der Waals surface area contributed by atoms with E-state index in [1.807, 2.05) is 7.05 Å². The van der Waals surface area contributed by atoms with E-state index < -0.39 is 0 Å². The summed E-state index contributed by atoms with van der Waals surface area (Å²) in [5.74, 6) is 0.451. The minimum absolute atomic E-state index is 0.234. The molecular formula is C15H22N2O. The van der Waals surface area contributed by atoms with Gasteiger partial charge >= 0.3 is 0 Å². The van der Waals surface area contributed by atoms with E-state index in [1.54, 1.807) is 0 Å². The summed E-state index contributed by atoms with van der Waals surface area (Å²) in [7, 11) is 2.00. The molecule has 1 aromatic rings. The van der Waals surface area contributed by atoms with E-state index in [1.165, 1.54) is 18.4 Å². The Kier molecular flexibility index (Phi) is 4.37. The van der Waals surface area contributed by atoms with Crippen LogP contribution in [0, 0.1) is 0 Å². The third-order valence-electron chi connectivity index (χ3n) is 4.00. The first-order valence-corrected chi connectivity index (χ1v) is 6.70. The van der Waals surface area contributed by atoms with Crippen LogP contribution in [0.3, 0.4) is 0 Å². The zero-order chi connectivity index (χ0) is 13.0. The molecule has 0 unspecified atom stereocenters. The molecule has 1 fully saturated rings. The highest BCUT2D eigenvalue weighted by Gasteiger charge is 2.25. The topological polar surface area (TPSA) is 46.3 Å². The van der Waals surface area contributed by atoms with Gasteiger partial charge in [0, 0.05) is 6.04 Å². The van der Waals surface area contributed by atoms with Crippen LogP contribution in [-0.2, 0) is 4.79 Å². The van der Waals surface area contributed by atoms with Crippen LogP contribution in [0.5, 0.6) is 0 Å². The second-order valence-electron chi connectivity index (χ2n) is 5.30. The Morgan fingerprint density at radius 3 is 2.39 bits per heavy atom. The number of nitrogens with two attached hydrogens (primary N) is 1. The number of carbonyl (C=O) groups excluding carboxylic acids is 1. The molecule has 0 heterocycles. The lowest BCUT2D eigenvalue weighted by atomic mass is 9.81. The Labute approximate surface area is 109 Å². The van der Waals surface area contributed by atoms with Crippen molar-refractivity contribution >= 4 is 5.91 Å². The summed E-state index contributed by atoms with van der Waals surface area (Å²) >= 11 is 0. The molecule has 98 valence electrons. The molecule has 1 amide bonds. The average Bonchev–Trinajstić information content (AvgIpc) is 2.39. The van der Waals surface area contributed by atoms with Gasteiger partial charge in [0.2, 0.25) is 5.91 Å². The number of nitrogens with zero attached hydrogens (tertiary/aromatic N) is 1. The summed E-state index contributed by atoms with van der Waals surface area (Å²) in [6.45, 7) is 0.376. The van der Waals surface area contributed by atoms with Crippen molar-refractivity contribution in [2.24, 2.45) is 5.73 Å². The molecule has 0 bridgehead atoms. The van der Waals surface area contributed by atoms with Gasteiger partial charge in [-0.05, 0) is 44.2 Å². The van der Waals surface area contributed by atoms with Gasteiger partial charge in [0.05, 0.1) is 6.54 Å². The molecule has 1 aromatic carbocycles. The van der Waals surface area contributed by atoms with E-state index >= 15 is 0 Å². The van der Waals surface area contributed by atoms with Gasteiger partial charge in [0.1, 0.15) is 0 Å². The van der Waals surface area contributed by atoms with E-state index in [0.29, 0.717) is 18.5 Å². The summed E-state index contributed by atoms with van der Waals surface area (Å²) in [5.41, 5.74) is 6.69. The van der Waals surface area contributed by atoms with E-state index in [-0.39, 0.29) is 5.91 Å². The normalized spacial score (nSPS) is 24.1. The fourth-order valence-electron chi connectivity index (χ4n) is 2.95. The van der Waals surface area contributed by atoms with Crippen LogP contribution in [0.2, 0.25) is 0 Å². The maximum Gasteiger partial charge on any atom is 0.231 e. The summed E-state index contributed by atoms with van der Waals surface area (Å²) in [6, 6.07) is 11.2. The van der Waals surface area contributed by atoms with Gasteiger partial charge in [-0.3, -0.25) is 9.69 Å². The molecule has 3 heteroatoms. The number of benzene rings is 1. The van der Waals surface area contributed by atoms with Crippen molar-refractivity contribution in [2.75, 3.05) is 13.6 Å². The van der Waals surface area contributed by atoms with Crippen LogP contribution < -0.4 is 5.73 Å². The van der Waals surface area contributed by atoms with Crippen LogP contribution in [0.4, 0.5) is 0 Å². The molecule has 1 aliphatic carbocycles. The minimum Gasteiger partial charge on any atom is -0.369 e. The molecule has 0 atom stereocenters. The molecule has 0 radical (unpaired) electrons. The van der Waals surface area contributed by atoms with Gasteiger partial charge in [-0.15, -0.1) is 0 Å². The SMILES string of the molecule is CN(CC(N)=O)C1CCC(c2ccccc2)CC1. The third-order valence-corrected chi connectivity index (χ3v) is 4.00. The van der Waals surface area contributed by atoms with Gasteiger partial charge < -0.3 is 5.73 Å². The minimum atomic E-state index is -0.234. The Balaban J connectivity index is 1.86. The van der Waals surface area contributed by atoms with Crippen LogP contribution in [0.25, 0.3) is 0 Å². The summed E-state index contributed by atoms with van der Waals surface area (Å²) in [5, 5.41) is 0. The number of carbonyl (C=O) groups is 1. The maximum absolute atomic E-state index is 10.9. The second kappa shape index (κ2) is 6.01.